The smallest absolute Gasteiger partial charge is 0.287 e. The van der Waals surface area contributed by atoms with E-state index in [1.165, 1.54) is 42.5 Å². The number of hydrogen-bond donors (Lipinski definition) is 1. The highest BCUT2D eigenvalue weighted by molar-refractivity contribution is 9.10. The summed E-state index contributed by atoms with van der Waals surface area (Å²) >= 11 is 3.26. The maximum absolute atomic E-state index is 12.5. The Morgan fingerprint density at radius 2 is 1.96 bits per heavy atom. The molecule has 2 aliphatic rings. The van der Waals surface area contributed by atoms with Crippen molar-refractivity contribution in [2.24, 2.45) is 0 Å². The standard InChI is InChI=1S/C22H28BrN3O2/c1-25-11-5-6-16-14-17(7-8-18(16)25)19(26-12-3-2-4-13-26)15-24-22(27)20-9-10-21(23)28-20/h7-10,14,19H,2-6,11-13,15H2,1H3,(H,24,27). The topological polar surface area (TPSA) is 48.7 Å². The largest absolute Gasteiger partial charge is 0.444 e. The fourth-order valence-corrected chi connectivity index (χ4v) is 4.72. The van der Waals surface area contributed by atoms with Crippen LogP contribution in [0.1, 0.15) is 53.4 Å². The van der Waals surface area contributed by atoms with Gasteiger partial charge in [-0.1, -0.05) is 18.6 Å². The van der Waals surface area contributed by atoms with Crippen LogP contribution < -0.4 is 10.2 Å². The van der Waals surface area contributed by atoms with Gasteiger partial charge in [-0.25, -0.2) is 0 Å². The first-order chi connectivity index (χ1) is 13.6. The maximum atomic E-state index is 12.5. The molecule has 5 nitrogen and oxygen atoms in total. The highest BCUT2D eigenvalue weighted by Gasteiger charge is 2.25. The number of nitrogens with one attached hydrogen (secondary N) is 1. The molecule has 1 aromatic carbocycles. The minimum Gasteiger partial charge on any atom is -0.444 e. The number of aryl methyl sites for hydroxylation is 1. The lowest BCUT2D eigenvalue weighted by Crippen LogP contribution is -2.40. The third-order valence-corrected chi connectivity index (χ3v) is 6.35. The van der Waals surface area contributed by atoms with Crippen LogP contribution in [0.25, 0.3) is 0 Å². The highest BCUT2D eigenvalue weighted by Crippen LogP contribution is 2.31. The molecule has 150 valence electrons. The second-order valence-corrected chi connectivity index (χ2v) is 8.62. The predicted octanol–water partition coefficient (Wildman–Crippen LogP) is 4.38. The molecule has 0 radical (unpaired) electrons. The molecule has 1 unspecified atom stereocenters. The van der Waals surface area contributed by atoms with E-state index in [-0.39, 0.29) is 11.9 Å². The molecular formula is C22H28BrN3O2. The lowest BCUT2D eigenvalue weighted by Gasteiger charge is -2.36. The Kier molecular flexibility index (Phi) is 6.07. The van der Waals surface area contributed by atoms with Crippen LogP contribution in [-0.4, -0.2) is 44.0 Å². The lowest BCUT2D eigenvalue weighted by molar-refractivity contribution is 0.0896. The Labute approximate surface area is 175 Å². The minimum atomic E-state index is -0.162. The molecule has 0 bridgehead atoms. The van der Waals surface area contributed by atoms with Crippen LogP contribution in [0.3, 0.4) is 0 Å². The Morgan fingerprint density at radius 3 is 2.71 bits per heavy atom. The number of hydrogen-bond acceptors (Lipinski definition) is 4. The number of rotatable bonds is 5. The third-order valence-electron chi connectivity index (χ3n) is 5.92. The van der Waals surface area contributed by atoms with E-state index in [0.29, 0.717) is 17.0 Å². The molecule has 6 heteroatoms. The number of amides is 1. The fraction of sp³-hybridized carbons (Fsp3) is 0.500. The Balaban J connectivity index is 1.54. The van der Waals surface area contributed by atoms with Crippen LogP contribution in [0.2, 0.25) is 0 Å². The summed E-state index contributed by atoms with van der Waals surface area (Å²) < 4.78 is 5.97. The number of fused-ring (bicyclic) bond motifs is 1. The van der Waals surface area contributed by atoms with Crippen LogP contribution >= 0.6 is 15.9 Å². The predicted molar refractivity (Wildman–Crippen MR) is 115 cm³/mol. The third kappa shape index (κ3) is 4.28. The SMILES string of the molecule is CN1CCCc2cc(C(CNC(=O)c3ccc(Br)o3)N3CCCCC3)ccc21. The zero-order valence-electron chi connectivity index (χ0n) is 16.4. The highest BCUT2D eigenvalue weighted by atomic mass is 79.9. The normalized spacial score (nSPS) is 18.6. The molecule has 3 heterocycles. The van der Waals surface area contributed by atoms with Crippen molar-refractivity contribution in [3.8, 4) is 0 Å². The van der Waals surface area contributed by atoms with Gasteiger partial charge in [-0.15, -0.1) is 0 Å². The maximum Gasteiger partial charge on any atom is 0.287 e. The van der Waals surface area contributed by atoms with Crippen molar-refractivity contribution in [2.45, 2.75) is 38.1 Å². The molecule has 4 rings (SSSR count). The first-order valence-electron chi connectivity index (χ1n) is 10.2. The molecule has 0 saturated carbocycles. The molecule has 1 saturated heterocycles. The van der Waals surface area contributed by atoms with Crippen LogP contribution in [-0.2, 0) is 6.42 Å². The summed E-state index contributed by atoms with van der Waals surface area (Å²) in [4.78, 5) is 17.4. The van der Waals surface area contributed by atoms with Crippen molar-refractivity contribution in [2.75, 3.05) is 38.1 Å². The minimum absolute atomic E-state index is 0.162. The zero-order chi connectivity index (χ0) is 19.5. The van der Waals surface area contributed by atoms with Gasteiger partial charge in [0.25, 0.3) is 5.91 Å². The number of anilines is 1. The Hall–Kier alpha value is -1.79. The van der Waals surface area contributed by atoms with Gasteiger partial charge in [0.05, 0.1) is 6.04 Å². The summed E-state index contributed by atoms with van der Waals surface area (Å²) in [5, 5.41) is 3.09. The number of likely N-dealkylation sites (tertiary alicyclic amines) is 1. The number of carbonyl (C=O) groups is 1. The number of carbonyl (C=O) groups excluding carboxylic acids is 1. The van der Waals surface area contributed by atoms with E-state index >= 15 is 0 Å². The summed E-state index contributed by atoms with van der Waals surface area (Å²) in [6, 6.07) is 10.5. The fourth-order valence-electron chi connectivity index (χ4n) is 4.41. The first kappa shape index (κ1) is 19.5. The van der Waals surface area contributed by atoms with Crippen molar-refractivity contribution >= 4 is 27.5 Å². The van der Waals surface area contributed by atoms with E-state index in [4.69, 9.17) is 4.42 Å². The Bertz CT molecular complexity index is 829. The van der Waals surface area contributed by atoms with E-state index < -0.39 is 0 Å². The quantitative estimate of drug-likeness (QED) is 0.741. The van der Waals surface area contributed by atoms with Crippen molar-refractivity contribution in [3.05, 3.63) is 51.9 Å². The average molecular weight is 446 g/mol. The van der Waals surface area contributed by atoms with Gasteiger partial charge in [0, 0.05) is 25.8 Å². The average Bonchev–Trinajstić information content (AvgIpc) is 3.15. The van der Waals surface area contributed by atoms with Gasteiger partial charge in [-0.2, -0.15) is 0 Å². The molecule has 2 aliphatic heterocycles. The number of piperidine rings is 1. The van der Waals surface area contributed by atoms with Gasteiger partial charge in [-0.05, 0) is 84.0 Å². The first-order valence-corrected chi connectivity index (χ1v) is 11.0. The molecule has 0 aliphatic carbocycles. The molecule has 1 fully saturated rings. The molecule has 1 aromatic heterocycles. The van der Waals surface area contributed by atoms with Crippen molar-refractivity contribution in [1.82, 2.24) is 10.2 Å². The van der Waals surface area contributed by atoms with Gasteiger partial charge in [0.2, 0.25) is 0 Å². The lowest BCUT2D eigenvalue weighted by atomic mass is 9.95. The summed E-state index contributed by atoms with van der Waals surface area (Å²) in [6.45, 7) is 3.89. The summed E-state index contributed by atoms with van der Waals surface area (Å²) in [5.41, 5.74) is 4.07. The van der Waals surface area contributed by atoms with E-state index in [2.05, 4.69) is 56.3 Å². The number of furan rings is 1. The Morgan fingerprint density at radius 1 is 1.14 bits per heavy atom. The molecule has 1 N–H and O–H groups in total. The van der Waals surface area contributed by atoms with Gasteiger partial charge < -0.3 is 14.6 Å². The van der Waals surface area contributed by atoms with Gasteiger partial charge >= 0.3 is 0 Å². The van der Waals surface area contributed by atoms with Crippen LogP contribution in [0.4, 0.5) is 5.69 Å². The molecule has 1 amide bonds. The van der Waals surface area contributed by atoms with Gasteiger partial charge in [0.15, 0.2) is 10.4 Å². The number of halogens is 1. The van der Waals surface area contributed by atoms with E-state index in [0.717, 1.165) is 26.1 Å². The monoisotopic (exact) mass is 445 g/mol. The number of benzene rings is 1. The second-order valence-electron chi connectivity index (χ2n) is 7.84. The van der Waals surface area contributed by atoms with Crippen molar-refractivity contribution in [3.63, 3.8) is 0 Å². The van der Waals surface area contributed by atoms with E-state index in [1.54, 1.807) is 12.1 Å². The van der Waals surface area contributed by atoms with Crippen LogP contribution in [0.15, 0.2) is 39.4 Å². The molecule has 28 heavy (non-hydrogen) atoms. The summed E-state index contributed by atoms with van der Waals surface area (Å²) in [5.74, 6) is 0.182. The van der Waals surface area contributed by atoms with E-state index in [1.807, 2.05) is 0 Å². The van der Waals surface area contributed by atoms with Crippen molar-refractivity contribution in [1.29, 1.82) is 0 Å². The molecular weight excluding hydrogens is 418 g/mol. The van der Waals surface area contributed by atoms with Crippen molar-refractivity contribution < 1.29 is 9.21 Å². The van der Waals surface area contributed by atoms with E-state index in [9.17, 15) is 4.79 Å². The summed E-state index contributed by atoms with van der Waals surface area (Å²) in [7, 11) is 2.17. The summed E-state index contributed by atoms with van der Waals surface area (Å²) in [6.07, 6.45) is 6.08. The second kappa shape index (κ2) is 8.70. The zero-order valence-corrected chi connectivity index (χ0v) is 18.0. The molecule has 0 spiro atoms. The molecule has 2 aromatic rings. The molecule has 1 atom stereocenters. The van der Waals surface area contributed by atoms with Gasteiger partial charge in [0.1, 0.15) is 0 Å². The van der Waals surface area contributed by atoms with Crippen LogP contribution in [0.5, 0.6) is 0 Å². The van der Waals surface area contributed by atoms with Crippen LogP contribution in [0, 0.1) is 0 Å². The number of nitrogens with zero attached hydrogens (tertiary/aromatic N) is 2. The van der Waals surface area contributed by atoms with Gasteiger partial charge in [-0.3, -0.25) is 9.69 Å².